The van der Waals surface area contributed by atoms with Gasteiger partial charge < -0.3 is 24.3 Å². The summed E-state index contributed by atoms with van der Waals surface area (Å²) in [6.45, 7) is 6.64. The molecule has 2 atom stereocenters. The zero-order chi connectivity index (χ0) is 23.2. The number of ether oxygens (including phenoxy) is 2. The fourth-order valence-corrected chi connectivity index (χ4v) is 5.82. The van der Waals surface area contributed by atoms with Crippen LogP contribution in [0.15, 0.2) is 30.3 Å². The van der Waals surface area contributed by atoms with Crippen molar-refractivity contribution >= 4 is 34.4 Å². The van der Waals surface area contributed by atoms with Crippen LogP contribution in [0.4, 0.5) is 5.69 Å². The summed E-state index contributed by atoms with van der Waals surface area (Å²) in [5.41, 5.74) is 4.18. The van der Waals surface area contributed by atoms with Gasteiger partial charge in [-0.3, -0.25) is 4.79 Å². The molecule has 3 fully saturated rings. The smallest absolute Gasteiger partial charge is 0.296 e. The number of rotatable bonds is 4. The Labute approximate surface area is 203 Å². The summed E-state index contributed by atoms with van der Waals surface area (Å²) in [5.74, 6) is 1.19. The van der Waals surface area contributed by atoms with Crippen LogP contribution in [0.2, 0.25) is 5.02 Å². The number of carbonyl (C=O) groups excluding carboxylic acids is 1. The van der Waals surface area contributed by atoms with E-state index in [9.17, 15) is 4.79 Å². The average molecular weight is 482 g/mol. The zero-order valence-electron chi connectivity index (χ0n) is 19.2. The van der Waals surface area contributed by atoms with E-state index in [-0.39, 0.29) is 12.0 Å². The van der Waals surface area contributed by atoms with Crippen LogP contribution in [0.5, 0.6) is 6.01 Å². The first-order chi connectivity index (χ1) is 16.5. The molecule has 0 radical (unpaired) electrons. The minimum Gasteiger partial charge on any atom is -0.461 e. The fourth-order valence-electron chi connectivity index (χ4n) is 5.56. The maximum atomic E-state index is 11.7. The van der Waals surface area contributed by atoms with Gasteiger partial charge >= 0.3 is 0 Å². The molecule has 178 valence electrons. The number of amides is 1. The van der Waals surface area contributed by atoms with Crippen molar-refractivity contribution in [3.8, 4) is 17.3 Å². The predicted molar refractivity (Wildman–Crippen MR) is 130 cm³/mol. The monoisotopic (exact) mass is 481 g/mol. The van der Waals surface area contributed by atoms with Gasteiger partial charge in [0.25, 0.3) is 6.01 Å². The molecule has 4 heterocycles. The largest absolute Gasteiger partial charge is 0.461 e. The van der Waals surface area contributed by atoms with Gasteiger partial charge in [-0.15, -0.1) is 0 Å². The molecule has 2 aromatic heterocycles. The summed E-state index contributed by atoms with van der Waals surface area (Å²) >= 11 is 6.60. The number of H-pyrrole nitrogens is 1. The van der Waals surface area contributed by atoms with E-state index in [4.69, 9.17) is 26.1 Å². The van der Waals surface area contributed by atoms with E-state index in [1.165, 1.54) is 5.69 Å². The van der Waals surface area contributed by atoms with Crippen molar-refractivity contribution in [3.05, 3.63) is 35.4 Å². The number of benzene rings is 1. The van der Waals surface area contributed by atoms with Crippen molar-refractivity contribution < 1.29 is 14.3 Å². The highest BCUT2D eigenvalue weighted by atomic mass is 35.5. The zero-order valence-corrected chi connectivity index (χ0v) is 19.9. The fraction of sp³-hybridized carbons (Fsp3) is 0.480. The first-order valence-corrected chi connectivity index (χ1v) is 12.3. The van der Waals surface area contributed by atoms with Gasteiger partial charge in [0.1, 0.15) is 6.10 Å². The maximum Gasteiger partial charge on any atom is 0.296 e. The quantitative estimate of drug-likeness (QED) is 0.611. The Kier molecular flexibility index (Phi) is 5.57. The highest BCUT2D eigenvalue weighted by Gasteiger charge is 2.42. The summed E-state index contributed by atoms with van der Waals surface area (Å²) in [4.78, 5) is 28.5. The minimum atomic E-state index is 0.104. The molecule has 1 saturated carbocycles. The van der Waals surface area contributed by atoms with Crippen LogP contribution in [0.1, 0.15) is 19.8 Å². The van der Waals surface area contributed by atoms with Gasteiger partial charge in [0.2, 0.25) is 5.91 Å². The number of aromatic amines is 1. The van der Waals surface area contributed by atoms with Crippen LogP contribution in [0.25, 0.3) is 22.4 Å². The van der Waals surface area contributed by atoms with Gasteiger partial charge in [-0.05, 0) is 42.9 Å². The second-order valence-corrected chi connectivity index (χ2v) is 9.94. The van der Waals surface area contributed by atoms with Gasteiger partial charge in [-0.2, -0.15) is 4.98 Å². The number of halogens is 1. The number of nitrogens with zero attached hydrogens (tertiary/aromatic N) is 4. The van der Waals surface area contributed by atoms with E-state index in [0.717, 1.165) is 63.3 Å². The average Bonchev–Trinajstić information content (AvgIpc) is 3.52. The molecule has 9 heteroatoms. The summed E-state index contributed by atoms with van der Waals surface area (Å²) in [7, 11) is 0. The first-order valence-electron chi connectivity index (χ1n) is 11.9. The van der Waals surface area contributed by atoms with Crippen molar-refractivity contribution in [2.24, 2.45) is 11.8 Å². The van der Waals surface area contributed by atoms with E-state index in [2.05, 4.69) is 39.1 Å². The van der Waals surface area contributed by atoms with Gasteiger partial charge in [-0.1, -0.05) is 23.7 Å². The lowest BCUT2D eigenvalue weighted by Crippen LogP contribution is -2.36. The highest BCUT2D eigenvalue weighted by molar-refractivity contribution is 6.33. The molecule has 2 saturated heterocycles. The van der Waals surface area contributed by atoms with E-state index in [1.807, 2.05) is 11.0 Å². The second kappa shape index (κ2) is 8.74. The molecule has 1 N–H and O–H groups in total. The predicted octanol–water partition coefficient (Wildman–Crippen LogP) is 3.75. The maximum absolute atomic E-state index is 11.7. The number of nitrogens with one attached hydrogen (secondary N) is 1. The summed E-state index contributed by atoms with van der Waals surface area (Å²) in [6.07, 6.45) is 1.99. The van der Waals surface area contributed by atoms with Crippen molar-refractivity contribution in [1.82, 2.24) is 19.9 Å². The lowest BCUT2D eigenvalue weighted by atomic mass is 10.0. The number of pyridine rings is 1. The number of hydrogen-bond donors (Lipinski definition) is 1. The number of morpholine rings is 1. The summed E-state index contributed by atoms with van der Waals surface area (Å²) in [6, 6.07) is 10.7. The van der Waals surface area contributed by atoms with Gasteiger partial charge in [-0.25, -0.2) is 4.98 Å². The van der Waals surface area contributed by atoms with Crippen molar-refractivity contribution in [2.45, 2.75) is 25.9 Å². The van der Waals surface area contributed by atoms with E-state index < -0.39 is 0 Å². The van der Waals surface area contributed by atoms with Crippen molar-refractivity contribution in [3.63, 3.8) is 0 Å². The van der Waals surface area contributed by atoms with Crippen LogP contribution in [-0.2, 0) is 9.53 Å². The minimum absolute atomic E-state index is 0.104. The van der Waals surface area contributed by atoms with Crippen molar-refractivity contribution in [2.75, 3.05) is 44.3 Å². The number of hydrogen-bond acceptors (Lipinski definition) is 6. The lowest BCUT2D eigenvalue weighted by molar-refractivity contribution is -0.128. The molecule has 3 aliphatic rings. The number of fused-ring (bicyclic) bond motifs is 2. The van der Waals surface area contributed by atoms with Gasteiger partial charge in [0, 0.05) is 44.4 Å². The normalized spacial score (nSPS) is 24.6. The molecule has 2 aliphatic heterocycles. The van der Waals surface area contributed by atoms with Crippen LogP contribution in [0, 0.1) is 11.8 Å². The number of imidazole rings is 1. The summed E-state index contributed by atoms with van der Waals surface area (Å²) < 4.78 is 11.6. The molecule has 8 nitrogen and oxygen atoms in total. The Morgan fingerprint density at radius 1 is 1.12 bits per heavy atom. The molecule has 1 aliphatic carbocycles. The third-order valence-corrected chi connectivity index (χ3v) is 7.64. The standard InChI is InChI=1S/C25H28ClN5O3/c1-15(32)31-13-17-10-20(11-18(17)14-31)34-25-27-22-12-21(26)23(28-24(22)29-25)16-2-4-19(5-3-16)30-6-8-33-9-7-30/h2-5,12,17-18,20H,6-11,13-14H2,1H3,(H,27,28,29). The molecule has 1 amide bonds. The molecular weight excluding hydrogens is 454 g/mol. The Balaban J connectivity index is 1.17. The van der Waals surface area contributed by atoms with Crippen LogP contribution < -0.4 is 9.64 Å². The molecule has 34 heavy (non-hydrogen) atoms. The number of anilines is 1. The molecular formula is C25H28ClN5O3. The van der Waals surface area contributed by atoms with Crippen LogP contribution >= 0.6 is 11.6 Å². The summed E-state index contributed by atoms with van der Waals surface area (Å²) in [5, 5.41) is 0.571. The Morgan fingerprint density at radius 2 is 1.82 bits per heavy atom. The second-order valence-electron chi connectivity index (χ2n) is 9.53. The Hall–Kier alpha value is -2.84. The Bertz CT molecular complexity index is 1190. The van der Waals surface area contributed by atoms with E-state index >= 15 is 0 Å². The molecule has 2 unspecified atom stereocenters. The topological polar surface area (TPSA) is 83.6 Å². The van der Waals surface area contributed by atoms with Crippen LogP contribution in [-0.4, -0.2) is 71.3 Å². The number of carbonyl (C=O) groups is 1. The molecule has 6 rings (SSSR count). The number of likely N-dealkylation sites (tertiary alicyclic amines) is 1. The molecule has 1 aromatic carbocycles. The third-order valence-electron chi connectivity index (χ3n) is 7.35. The Morgan fingerprint density at radius 3 is 2.50 bits per heavy atom. The van der Waals surface area contributed by atoms with E-state index in [1.54, 1.807) is 6.92 Å². The highest BCUT2D eigenvalue weighted by Crippen LogP contribution is 2.40. The van der Waals surface area contributed by atoms with Crippen molar-refractivity contribution in [1.29, 1.82) is 0 Å². The molecule has 3 aromatic rings. The molecule has 0 spiro atoms. The first kappa shape index (κ1) is 21.7. The SMILES string of the molecule is CC(=O)N1CC2CC(Oc3nc4nc(-c5ccc(N6CCOCC6)cc5)c(Cl)cc4[nH]3)CC2C1. The van der Waals surface area contributed by atoms with Crippen LogP contribution in [0.3, 0.4) is 0 Å². The lowest BCUT2D eigenvalue weighted by Gasteiger charge is -2.28. The number of aromatic nitrogens is 3. The van der Waals surface area contributed by atoms with Gasteiger partial charge in [0.15, 0.2) is 5.65 Å². The van der Waals surface area contributed by atoms with E-state index in [0.29, 0.717) is 34.2 Å². The molecule has 0 bridgehead atoms. The third kappa shape index (κ3) is 4.09. The van der Waals surface area contributed by atoms with Gasteiger partial charge in [0.05, 0.1) is 29.4 Å².